The molecule has 1 aliphatic rings. The maximum Gasteiger partial charge on any atom is 0.311 e. The van der Waals surface area contributed by atoms with Gasteiger partial charge in [0.1, 0.15) is 5.84 Å². The Morgan fingerprint density at radius 1 is 1.47 bits per heavy atom. The highest BCUT2D eigenvalue weighted by atomic mass is 32.2. The van der Waals surface area contributed by atoms with E-state index in [2.05, 4.69) is 4.99 Å². The minimum atomic E-state index is -0.480. The summed E-state index contributed by atoms with van der Waals surface area (Å²) in [5.74, 6) is 0.145. The summed E-state index contributed by atoms with van der Waals surface area (Å²) in [4.78, 5) is 25.1. The molecule has 0 radical (unpaired) electrons. The second kappa shape index (κ2) is 4.38. The number of thioether (sulfide) groups is 1. The number of hydrogen-bond acceptors (Lipinski definition) is 5. The number of aliphatic imine (C=N–C) groups is 1. The highest BCUT2D eigenvalue weighted by Gasteiger charge is 2.18. The lowest BCUT2D eigenvalue weighted by molar-refractivity contribution is -0.384. The molecule has 1 heterocycles. The molecule has 1 aliphatic heterocycles. The van der Waals surface area contributed by atoms with Crippen LogP contribution in [0.25, 0.3) is 6.08 Å². The van der Waals surface area contributed by atoms with Gasteiger partial charge in [-0.25, -0.2) is 0 Å². The lowest BCUT2D eigenvalue weighted by Crippen LogP contribution is -2.08. The van der Waals surface area contributed by atoms with Gasteiger partial charge in [0.25, 0.3) is 5.69 Å². The monoisotopic (exact) mass is 249 g/mol. The molecule has 86 valence electrons. The summed E-state index contributed by atoms with van der Waals surface area (Å²) < 4.78 is 0. The normalized spacial score (nSPS) is 17.3. The SMILES string of the molecule is NC1=NC(=O)S/C1=C\c1cccc([N+](=O)[O-])c1. The summed E-state index contributed by atoms with van der Waals surface area (Å²) in [5, 5.41) is 10.2. The molecule has 0 fully saturated rings. The van der Waals surface area contributed by atoms with Crippen LogP contribution in [0.4, 0.5) is 10.5 Å². The van der Waals surface area contributed by atoms with Crippen LogP contribution in [0, 0.1) is 10.1 Å². The molecule has 7 heteroatoms. The first kappa shape index (κ1) is 11.3. The molecule has 1 aromatic carbocycles. The second-order valence-electron chi connectivity index (χ2n) is 3.23. The Morgan fingerprint density at radius 3 is 2.82 bits per heavy atom. The smallest absolute Gasteiger partial charge is 0.311 e. The number of hydrogen-bond donors (Lipinski definition) is 1. The minimum Gasteiger partial charge on any atom is -0.383 e. The molecule has 2 rings (SSSR count). The van der Waals surface area contributed by atoms with E-state index in [4.69, 9.17) is 5.73 Å². The van der Waals surface area contributed by atoms with Crippen molar-refractivity contribution >= 4 is 34.6 Å². The van der Waals surface area contributed by atoms with Crippen LogP contribution in [0.1, 0.15) is 5.56 Å². The van der Waals surface area contributed by atoms with Crippen LogP contribution in [0.3, 0.4) is 0 Å². The maximum absolute atomic E-state index is 11.0. The molecule has 0 saturated heterocycles. The molecule has 0 atom stereocenters. The first-order valence-corrected chi connectivity index (χ1v) is 5.40. The summed E-state index contributed by atoms with van der Waals surface area (Å²) in [6.45, 7) is 0. The van der Waals surface area contributed by atoms with Crippen molar-refractivity contribution in [1.82, 2.24) is 0 Å². The fraction of sp³-hybridized carbons (Fsp3) is 0. The molecule has 0 spiro atoms. The van der Waals surface area contributed by atoms with Crippen molar-refractivity contribution in [2.24, 2.45) is 10.7 Å². The first-order chi connectivity index (χ1) is 8.06. The van der Waals surface area contributed by atoms with E-state index in [1.807, 2.05) is 0 Å². The van der Waals surface area contributed by atoms with E-state index in [0.29, 0.717) is 10.5 Å². The van der Waals surface area contributed by atoms with Crippen LogP contribution in [0.2, 0.25) is 0 Å². The number of benzene rings is 1. The molecule has 0 bridgehead atoms. The predicted molar refractivity (Wildman–Crippen MR) is 65.7 cm³/mol. The van der Waals surface area contributed by atoms with Crippen molar-refractivity contribution in [2.75, 3.05) is 0 Å². The van der Waals surface area contributed by atoms with Gasteiger partial charge in [-0.15, -0.1) is 0 Å². The van der Waals surface area contributed by atoms with Gasteiger partial charge in [0.05, 0.1) is 9.83 Å². The molecule has 1 amide bonds. The average Bonchev–Trinajstić information content (AvgIpc) is 2.58. The Morgan fingerprint density at radius 2 is 2.24 bits per heavy atom. The number of amides is 1. The fourth-order valence-electron chi connectivity index (χ4n) is 1.31. The highest BCUT2D eigenvalue weighted by Crippen LogP contribution is 2.27. The highest BCUT2D eigenvalue weighted by molar-refractivity contribution is 8.18. The zero-order chi connectivity index (χ0) is 12.4. The number of nitrogens with zero attached hydrogens (tertiary/aromatic N) is 2. The molecule has 0 aliphatic carbocycles. The summed E-state index contributed by atoms with van der Waals surface area (Å²) in [5.41, 5.74) is 6.12. The Kier molecular flexibility index (Phi) is 2.92. The summed E-state index contributed by atoms with van der Waals surface area (Å²) in [6, 6.07) is 6.06. The topological polar surface area (TPSA) is 98.6 Å². The van der Waals surface area contributed by atoms with Crippen molar-refractivity contribution in [3.63, 3.8) is 0 Å². The van der Waals surface area contributed by atoms with E-state index in [1.165, 1.54) is 12.1 Å². The van der Waals surface area contributed by atoms with Gasteiger partial charge < -0.3 is 5.73 Å². The van der Waals surface area contributed by atoms with Gasteiger partial charge in [-0.3, -0.25) is 14.9 Å². The van der Waals surface area contributed by atoms with Gasteiger partial charge >= 0.3 is 5.24 Å². The van der Waals surface area contributed by atoms with Crippen LogP contribution >= 0.6 is 11.8 Å². The number of non-ortho nitro benzene ring substituents is 1. The molecule has 0 unspecified atom stereocenters. The van der Waals surface area contributed by atoms with Gasteiger partial charge in [-0.05, 0) is 23.4 Å². The number of carbonyl (C=O) groups is 1. The second-order valence-corrected chi connectivity index (χ2v) is 4.22. The van der Waals surface area contributed by atoms with Crippen molar-refractivity contribution in [3.8, 4) is 0 Å². The summed E-state index contributed by atoms with van der Waals surface area (Å²) in [7, 11) is 0. The Bertz CT molecular complexity index is 566. The van der Waals surface area contributed by atoms with Crippen LogP contribution in [-0.4, -0.2) is 16.0 Å². The van der Waals surface area contributed by atoms with E-state index in [9.17, 15) is 14.9 Å². The number of rotatable bonds is 2. The molecule has 0 aromatic heterocycles. The van der Waals surface area contributed by atoms with Gasteiger partial charge in [0, 0.05) is 12.1 Å². The number of nitrogens with two attached hydrogens (primary N) is 1. The number of carbonyl (C=O) groups excluding carboxylic acids is 1. The molecular weight excluding hydrogens is 242 g/mol. The molecule has 6 nitrogen and oxygen atoms in total. The third kappa shape index (κ3) is 2.51. The van der Waals surface area contributed by atoms with Crippen molar-refractivity contribution in [2.45, 2.75) is 0 Å². The van der Waals surface area contributed by atoms with Crippen LogP contribution in [0.15, 0.2) is 34.2 Å². The van der Waals surface area contributed by atoms with Crippen LogP contribution < -0.4 is 5.73 Å². The third-order valence-corrected chi connectivity index (χ3v) is 2.85. The van der Waals surface area contributed by atoms with Crippen molar-refractivity contribution in [1.29, 1.82) is 0 Å². The molecular formula is C10H7N3O3S. The third-order valence-electron chi connectivity index (χ3n) is 2.04. The van der Waals surface area contributed by atoms with Crippen molar-refractivity contribution in [3.05, 3.63) is 44.8 Å². The first-order valence-electron chi connectivity index (χ1n) is 4.59. The van der Waals surface area contributed by atoms with Crippen LogP contribution in [0.5, 0.6) is 0 Å². The van der Waals surface area contributed by atoms with E-state index >= 15 is 0 Å². The zero-order valence-electron chi connectivity index (χ0n) is 8.49. The van der Waals surface area contributed by atoms with Crippen LogP contribution in [-0.2, 0) is 0 Å². The largest absolute Gasteiger partial charge is 0.383 e. The summed E-state index contributed by atoms with van der Waals surface area (Å²) in [6.07, 6.45) is 1.60. The zero-order valence-corrected chi connectivity index (χ0v) is 9.31. The average molecular weight is 249 g/mol. The minimum absolute atomic E-state index is 0.0100. The van der Waals surface area contributed by atoms with E-state index in [-0.39, 0.29) is 16.8 Å². The Labute approximate surface area is 100 Å². The van der Waals surface area contributed by atoms with E-state index < -0.39 is 4.92 Å². The molecule has 2 N–H and O–H groups in total. The van der Waals surface area contributed by atoms with Crippen molar-refractivity contribution < 1.29 is 9.72 Å². The number of nitro groups is 1. The van der Waals surface area contributed by atoms with E-state index in [0.717, 1.165) is 11.8 Å². The molecule has 17 heavy (non-hydrogen) atoms. The quantitative estimate of drug-likeness (QED) is 0.639. The Hall–Kier alpha value is -2.15. The maximum atomic E-state index is 11.0. The lowest BCUT2D eigenvalue weighted by atomic mass is 10.2. The summed E-state index contributed by atoms with van der Waals surface area (Å²) >= 11 is 0.906. The fourth-order valence-corrected chi connectivity index (χ4v) is 1.98. The number of amidine groups is 1. The van der Waals surface area contributed by atoms with Gasteiger partial charge in [0.2, 0.25) is 0 Å². The number of nitro benzene ring substituents is 1. The lowest BCUT2D eigenvalue weighted by Gasteiger charge is -1.97. The van der Waals surface area contributed by atoms with E-state index in [1.54, 1.807) is 18.2 Å². The predicted octanol–water partition coefficient (Wildman–Crippen LogP) is 2.16. The standard InChI is InChI=1S/C10H7N3O3S/c11-9-8(17-10(14)12-9)5-6-2-1-3-7(4-6)13(15)16/h1-5H,(H2,11,12,14)/b8-5-. The molecule has 1 aromatic rings. The van der Waals surface area contributed by atoms with Gasteiger partial charge in [0.15, 0.2) is 0 Å². The van der Waals surface area contributed by atoms with Gasteiger partial charge in [-0.2, -0.15) is 4.99 Å². The van der Waals surface area contributed by atoms with Gasteiger partial charge in [-0.1, -0.05) is 12.1 Å². The molecule has 0 saturated carbocycles. The Balaban J connectivity index is 2.34.